The lowest BCUT2D eigenvalue weighted by Crippen LogP contribution is -1.95. The molecule has 0 radical (unpaired) electrons. The summed E-state index contributed by atoms with van der Waals surface area (Å²) in [4.78, 5) is 24.0. The van der Waals surface area contributed by atoms with Gasteiger partial charge >= 0.3 is 5.97 Å². The van der Waals surface area contributed by atoms with Crippen LogP contribution in [0.1, 0.15) is 10.4 Å². The van der Waals surface area contributed by atoms with E-state index in [4.69, 9.17) is 10.6 Å². The second-order valence-electron chi connectivity index (χ2n) is 4.88. The molecular formula is C18H15N3O4. The Morgan fingerprint density at radius 3 is 2.28 bits per heavy atom. The number of carbonyl (C=O) groups excluding carboxylic acids is 1. The lowest BCUT2D eigenvalue weighted by atomic mass is 10.1. The molecule has 0 aliphatic rings. The molecule has 0 spiro atoms. The van der Waals surface area contributed by atoms with Gasteiger partial charge in [0.1, 0.15) is 0 Å². The molecule has 2 aromatic carbocycles. The number of allylic oxidation sites excluding steroid dienone is 1. The van der Waals surface area contributed by atoms with E-state index in [9.17, 15) is 14.7 Å². The summed E-state index contributed by atoms with van der Waals surface area (Å²) >= 11 is 0. The van der Waals surface area contributed by atoms with E-state index in [1.807, 2.05) is 18.2 Å². The molecule has 3 rings (SSSR count). The van der Waals surface area contributed by atoms with Crippen molar-refractivity contribution < 1.29 is 19.8 Å². The number of hydrogen-bond donors (Lipinski definition) is 4. The SMILES string of the molecule is N=Nc1c(O)[nH]c2ccccc12.O=C(O)C=CC(=O)c1ccccc1. The number of carboxylic acids is 1. The van der Waals surface area contributed by atoms with Gasteiger partial charge in [-0.2, -0.15) is 5.11 Å². The van der Waals surface area contributed by atoms with Crippen molar-refractivity contribution in [1.82, 2.24) is 4.98 Å². The van der Waals surface area contributed by atoms with Crippen molar-refractivity contribution in [2.24, 2.45) is 5.11 Å². The van der Waals surface area contributed by atoms with E-state index in [0.29, 0.717) is 11.3 Å². The fourth-order valence-corrected chi connectivity index (χ4v) is 2.07. The third-order valence-electron chi connectivity index (χ3n) is 3.21. The molecule has 0 aliphatic heterocycles. The highest BCUT2D eigenvalue weighted by atomic mass is 16.4. The number of aliphatic carboxylic acids is 1. The number of rotatable bonds is 4. The molecule has 0 bridgehead atoms. The Kier molecular flexibility index (Phi) is 5.78. The van der Waals surface area contributed by atoms with Gasteiger partial charge in [0, 0.05) is 17.0 Å². The monoisotopic (exact) mass is 337 g/mol. The van der Waals surface area contributed by atoms with Gasteiger partial charge in [0.15, 0.2) is 11.5 Å². The van der Waals surface area contributed by atoms with Crippen LogP contribution in [0.2, 0.25) is 0 Å². The second kappa shape index (κ2) is 8.21. The van der Waals surface area contributed by atoms with Gasteiger partial charge < -0.3 is 15.2 Å². The first-order valence-corrected chi connectivity index (χ1v) is 7.20. The third-order valence-corrected chi connectivity index (χ3v) is 3.21. The summed E-state index contributed by atoms with van der Waals surface area (Å²) in [5.74, 6) is -1.47. The molecule has 0 amide bonds. The molecule has 0 saturated heterocycles. The summed E-state index contributed by atoms with van der Waals surface area (Å²) < 4.78 is 0. The predicted molar refractivity (Wildman–Crippen MR) is 92.3 cm³/mol. The van der Waals surface area contributed by atoms with Crippen LogP contribution in [0.5, 0.6) is 5.88 Å². The second-order valence-corrected chi connectivity index (χ2v) is 4.88. The highest BCUT2D eigenvalue weighted by molar-refractivity contribution is 6.06. The maximum absolute atomic E-state index is 11.2. The van der Waals surface area contributed by atoms with Gasteiger partial charge in [-0.15, -0.1) is 0 Å². The summed E-state index contributed by atoms with van der Waals surface area (Å²) in [6.07, 6.45) is 1.87. The molecule has 4 N–H and O–H groups in total. The quantitative estimate of drug-likeness (QED) is 0.325. The predicted octanol–water partition coefficient (Wildman–Crippen LogP) is 4.05. The minimum atomic E-state index is -1.12. The van der Waals surface area contributed by atoms with Crippen LogP contribution in [0.4, 0.5) is 5.69 Å². The van der Waals surface area contributed by atoms with Gasteiger partial charge in [-0.1, -0.05) is 48.5 Å². The van der Waals surface area contributed by atoms with Crippen LogP contribution in [0, 0.1) is 5.53 Å². The normalized spacial score (nSPS) is 10.2. The average molecular weight is 337 g/mol. The number of fused-ring (bicyclic) bond motifs is 1. The van der Waals surface area contributed by atoms with Crippen LogP contribution in [0.15, 0.2) is 71.9 Å². The summed E-state index contributed by atoms with van der Waals surface area (Å²) in [5.41, 5.74) is 8.40. The van der Waals surface area contributed by atoms with E-state index in [1.54, 1.807) is 36.4 Å². The minimum absolute atomic E-state index is 0.0498. The molecule has 0 fully saturated rings. The number of carbonyl (C=O) groups is 2. The molecule has 1 aromatic heterocycles. The summed E-state index contributed by atoms with van der Waals surface area (Å²) in [5, 5.41) is 21.5. The van der Waals surface area contributed by atoms with E-state index in [0.717, 1.165) is 23.1 Å². The zero-order valence-corrected chi connectivity index (χ0v) is 13.0. The van der Waals surface area contributed by atoms with Crippen LogP contribution in [0.25, 0.3) is 10.9 Å². The number of nitrogens with zero attached hydrogens (tertiary/aromatic N) is 1. The van der Waals surface area contributed by atoms with Crippen molar-refractivity contribution in [3.05, 3.63) is 72.3 Å². The largest absolute Gasteiger partial charge is 0.493 e. The summed E-state index contributed by atoms with van der Waals surface area (Å²) in [6, 6.07) is 15.8. The smallest absolute Gasteiger partial charge is 0.328 e. The number of ketones is 1. The van der Waals surface area contributed by atoms with Crippen molar-refractivity contribution in [2.45, 2.75) is 0 Å². The van der Waals surface area contributed by atoms with Crippen molar-refractivity contribution in [3.63, 3.8) is 0 Å². The van der Waals surface area contributed by atoms with E-state index < -0.39 is 5.97 Å². The first-order valence-electron chi connectivity index (χ1n) is 7.20. The number of aromatic amines is 1. The Morgan fingerprint density at radius 2 is 1.64 bits per heavy atom. The van der Waals surface area contributed by atoms with Crippen LogP contribution in [0.3, 0.4) is 0 Å². The number of carboxylic acid groups (broad SMARTS) is 1. The molecule has 0 aliphatic carbocycles. The molecule has 0 saturated carbocycles. The zero-order chi connectivity index (χ0) is 18.2. The van der Waals surface area contributed by atoms with Crippen molar-refractivity contribution in [3.8, 4) is 5.88 Å². The molecule has 126 valence electrons. The van der Waals surface area contributed by atoms with Gasteiger partial charge in [0.05, 0.1) is 5.52 Å². The van der Waals surface area contributed by atoms with Crippen molar-refractivity contribution in [1.29, 1.82) is 5.53 Å². The number of aromatic nitrogens is 1. The first-order chi connectivity index (χ1) is 12.0. The van der Waals surface area contributed by atoms with Crippen molar-refractivity contribution >= 4 is 28.3 Å². The highest BCUT2D eigenvalue weighted by Gasteiger charge is 2.07. The molecule has 1 heterocycles. The van der Waals surface area contributed by atoms with Gasteiger partial charge in [0.2, 0.25) is 5.88 Å². The standard InChI is InChI=1S/C10H8O3.C8H7N3O/c11-9(6-7-10(12)13)8-4-2-1-3-5-8;9-11-7-5-3-1-2-4-6(5)10-8(7)12/h1-7H,(H,12,13);1-4,9-10,12H. The Hall–Kier alpha value is -3.74. The fourth-order valence-electron chi connectivity index (χ4n) is 2.07. The molecule has 7 heteroatoms. The number of para-hydroxylation sites is 1. The third kappa shape index (κ3) is 4.61. The Bertz CT molecular complexity index is 930. The lowest BCUT2D eigenvalue weighted by Gasteiger charge is -1.92. The van der Waals surface area contributed by atoms with Crippen molar-refractivity contribution in [2.75, 3.05) is 0 Å². The fraction of sp³-hybridized carbons (Fsp3) is 0. The van der Waals surface area contributed by atoms with Crippen LogP contribution >= 0.6 is 0 Å². The molecule has 7 nitrogen and oxygen atoms in total. The lowest BCUT2D eigenvalue weighted by molar-refractivity contribution is -0.131. The number of hydrogen-bond acceptors (Lipinski definition) is 5. The summed E-state index contributed by atoms with van der Waals surface area (Å²) in [7, 11) is 0. The van der Waals surface area contributed by atoms with Gasteiger partial charge in [-0.3, -0.25) is 4.79 Å². The molecule has 0 atom stereocenters. The van der Waals surface area contributed by atoms with Gasteiger partial charge in [-0.05, 0) is 12.1 Å². The Labute approximate surface area is 142 Å². The Morgan fingerprint density at radius 1 is 1.00 bits per heavy atom. The van der Waals surface area contributed by atoms with E-state index in [1.165, 1.54) is 0 Å². The number of benzene rings is 2. The first kappa shape index (κ1) is 17.6. The van der Waals surface area contributed by atoms with Crippen LogP contribution in [-0.4, -0.2) is 26.9 Å². The average Bonchev–Trinajstić information content (AvgIpc) is 2.95. The van der Waals surface area contributed by atoms with Gasteiger partial charge in [0.25, 0.3) is 0 Å². The molecule has 0 unspecified atom stereocenters. The van der Waals surface area contributed by atoms with Crippen LogP contribution < -0.4 is 0 Å². The molecule has 25 heavy (non-hydrogen) atoms. The molecule has 3 aromatic rings. The maximum Gasteiger partial charge on any atom is 0.328 e. The zero-order valence-electron chi connectivity index (χ0n) is 13.0. The minimum Gasteiger partial charge on any atom is -0.493 e. The Balaban J connectivity index is 0.000000181. The van der Waals surface area contributed by atoms with Crippen LogP contribution in [-0.2, 0) is 4.79 Å². The topological polar surface area (TPSA) is 127 Å². The maximum atomic E-state index is 11.2. The van der Waals surface area contributed by atoms with E-state index >= 15 is 0 Å². The van der Waals surface area contributed by atoms with Gasteiger partial charge in [-0.25, -0.2) is 10.3 Å². The highest BCUT2D eigenvalue weighted by Crippen LogP contribution is 2.34. The molecular weight excluding hydrogens is 322 g/mol. The number of nitrogens with one attached hydrogen (secondary N) is 2. The number of aromatic hydroxyl groups is 1. The van der Waals surface area contributed by atoms with E-state index in [2.05, 4.69) is 10.1 Å². The number of H-pyrrole nitrogens is 1. The van der Waals surface area contributed by atoms with E-state index in [-0.39, 0.29) is 11.7 Å². The summed E-state index contributed by atoms with van der Waals surface area (Å²) in [6.45, 7) is 0.